The number of amides is 2. The standard InChI is InChI=1S/C17H20N2O3/c1-11-4-6-14(7-5-11)8-9-16(20)18-19-17(21)15-10-12(2)22-13(15)3/h4-7,10H,8-9H2,1-3H3,(H,18,20)(H,19,21). The predicted octanol–water partition coefficient (Wildman–Crippen LogP) is 2.60. The molecule has 22 heavy (non-hydrogen) atoms. The van der Waals surface area contributed by atoms with Crippen LogP contribution in [0.2, 0.25) is 0 Å². The third kappa shape index (κ3) is 4.22. The largest absolute Gasteiger partial charge is 0.466 e. The maximum absolute atomic E-state index is 11.9. The number of rotatable bonds is 4. The van der Waals surface area contributed by atoms with Crippen molar-refractivity contribution in [2.75, 3.05) is 0 Å². The molecule has 1 aromatic carbocycles. The first-order valence-corrected chi connectivity index (χ1v) is 7.17. The summed E-state index contributed by atoms with van der Waals surface area (Å²) in [5.74, 6) is 0.585. The molecular formula is C17H20N2O3. The van der Waals surface area contributed by atoms with Crippen LogP contribution in [0.15, 0.2) is 34.7 Å². The Balaban J connectivity index is 1.79. The lowest BCUT2D eigenvalue weighted by atomic mass is 10.1. The van der Waals surface area contributed by atoms with Crippen LogP contribution in [0.3, 0.4) is 0 Å². The van der Waals surface area contributed by atoms with Crippen LogP contribution in [0.1, 0.15) is 39.4 Å². The molecule has 0 fully saturated rings. The second-order valence-electron chi connectivity index (χ2n) is 5.31. The van der Waals surface area contributed by atoms with Crippen molar-refractivity contribution < 1.29 is 14.0 Å². The van der Waals surface area contributed by atoms with E-state index in [9.17, 15) is 9.59 Å². The molecule has 0 bridgehead atoms. The Bertz CT molecular complexity index is 672. The normalized spacial score (nSPS) is 10.3. The average Bonchev–Trinajstić information content (AvgIpc) is 2.83. The van der Waals surface area contributed by atoms with Crippen molar-refractivity contribution in [1.82, 2.24) is 10.9 Å². The number of aryl methyl sites for hydroxylation is 4. The molecule has 0 saturated heterocycles. The highest BCUT2D eigenvalue weighted by Crippen LogP contribution is 2.13. The van der Waals surface area contributed by atoms with E-state index in [1.165, 1.54) is 5.56 Å². The van der Waals surface area contributed by atoms with Crippen molar-refractivity contribution in [1.29, 1.82) is 0 Å². The third-order valence-electron chi connectivity index (χ3n) is 3.36. The van der Waals surface area contributed by atoms with Gasteiger partial charge in [0.05, 0.1) is 5.56 Å². The average molecular weight is 300 g/mol. The summed E-state index contributed by atoms with van der Waals surface area (Å²) in [6.07, 6.45) is 0.943. The smallest absolute Gasteiger partial charge is 0.273 e. The van der Waals surface area contributed by atoms with Crippen LogP contribution in [0.4, 0.5) is 0 Å². The zero-order valence-corrected chi connectivity index (χ0v) is 13.0. The molecule has 1 aromatic heterocycles. The van der Waals surface area contributed by atoms with Gasteiger partial charge in [-0.25, -0.2) is 0 Å². The molecule has 2 amide bonds. The summed E-state index contributed by atoms with van der Waals surface area (Å²) in [7, 11) is 0. The van der Waals surface area contributed by atoms with Gasteiger partial charge in [0.1, 0.15) is 11.5 Å². The van der Waals surface area contributed by atoms with Crippen LogP contribution < -0.4 is 10.9 Å². The first-order chi connectivity index (χ1) is 10.5. The van der Waals surface area contributed by atoms with E-state index in [4.69, 9.17) is 4.42 Å². The number of hydrogen-bond acceptors (Lipinski definition) is 3. The van der Waals surface area contributed by atoms with Crippen molar-refractivity contribution >= 4 is 11.8 Å². The Morgan fingerprint density at radius 3 is 2.32 bits per heavy atom. The molecule has 1 heterocycles. The Kier molecular flexibility index (Phi) is 4.99. The van der Waals surface area contributed by atoms with Crippen molar-refractivity contribution in [2.24, 2.45) is 0 Å². The molecule has 0 radical (unpaired) electrons. The summed E-state index contributed by atoms with van der Waals surface area (Å²) in [5.41, 5.74) is 7.52. The highest BCUT2D eigenvalue weighted by Gasteiger charge is 2.13. The van der Waals surface area contributed by atoms with E-state index in [0.717, 1.165) is 5.56 Å². The highest BCUT2D eigenvalue weighted by atomic mass is 16.3. The summed E-state index contributed by atoms with van der Waals surface area (Å²) < 4.78 is 5.28. The monoisotopic (exact) mass is 300 g/mol. The molecule has 2 rings (SSSR count). The van der Waals surface area contributed by atoms with Gasteiger partial charge in [0, 0.05) is 6.42 Å². The fourth-order valence-corrected chi connectivity index (χ4v) is 2.13. The quantitative estimate of drug-likeness (QED) is 0.853. The van der Waals surface area contributed by atoms with Crippen molar-refractivity contribution in [3.63, 3.8) is 0 Å². The Hall–Kier alpha value is -2.56. The number of furan rings is 1. The molecule has 0 unspecified atom stereocenters. The number of hydrogen-bond donors (Lipinski definition) is 2. The van der Waals surface area contributed by atoms with Gasteiger partial charge < -0.3 is 4.42 Å². The van der Waals surface area contributed by atoms with Crippen LogP contribution in [-0.4, -0.2) is 11.8 Å². The topological polar surface area (TPSA) is 71.3 Å². The van der Waals surface area contributed by atoms with E-state index >= 15 is 0 Å². The van der Waals surface area contributed by atoms with Gasteiger partial charge in [0.15, 0.2) is 0 Å². The molecule has 0 atom stereocenters. The van der Waals surface area contributed by atoms with Gasteiger partial charge in [-0.2, -0.15) is 0 Å². The molecule has 0 aliphatic heterocycles. The minimum Gasteiger partial charge on any atom is -0.466 e. The Morgan fingerprint density at radius 2 is 1.73 bits per heavy atom. The summed E-state index contributed by atoms with van der Waals surface area (Å²) in [5, 5.41) is 0. The SMILES string of the molecule is Cc1ccc(CCC(=O)NNC(=O)c2cc(C)oc2C)cc1. The molecule has 2 N–H and O–H groups in total. The summed E-state index contributed by atoms with van der Waals surface area (Å²) in [6.45, 7) is 5.50. The van der Waals surface area contributed by atoms with Gasteiger partial charge >= 0.3 is 0 Å². The second kappa shape index (κ2) is 6.93. The van der Waals surface area contributed by atoms with Crippen LogP contribution in [0.5, 0.6) is 0 Å². The number of carbonyl (C=O) groups excluding carboxylic acids is 2. The lowest BCUT2D eigenvalue weighted by molar-refractivity contribution is -0.121. The van der Waals surface area contributed by atoms with Crippen LogP contribution in [0.25, 0.3) is 0 Å². The minimum atomic E-state index is -0.377. The second-order valence-corrected chi connectivity index (χ2v) is 5.31. The van der Waals surface area contributed by atoms with Crippen LogP contribution in [-0.2, 0) is 11.2 Å². The molecule has 5 heteroatoms. The maximum Gasteiger partial charge on any atom is 0.273 e. The maximum atomic E-state index is 11.9. The number of hydrazine groups is 1. The van der Waals surface area contributed by atoms with Gasteiger partial charge in [0.25, 0.3) is 5.91 Å². The Morgan fingerprint density at radius 1 is 1.05 bits per heavy atom. The van der Waals surface area contributed by atoms with E-state index in [-0.39, 0.29) is 11.8 Å². The lowest BCUT2D eigenvalue weighted by Crippen LogP contribution is -2.41. The van der Waals surface area contributed by atoms with Gasteiger partial charge in [-0.1, -0.05) is 29.8 Å². The summed E-state index contributed by atoms with van der Waals surface area (Å²) in [6, 6.07) is 9.67. The number of benzene rings is 1. The Labute approximate surface area is 129 Å². The predicted molar refractivity (Wildman–Crippen MR) is 83.3 cm³/mol. The summed E-state index contributed by atoms with van der Waals surface area (Å²) >= 11 is 0. The summed E-state index contributed by atoms with van der Waals surface area (Å²) in [4.78, 5) is 23.7. The minimum absolute atomic E-state index is 0.230. The number of carbonyl (C=O) groups is 2. The zero-order chi connectivity index (χ0) is 16.1. The molecule has 0 spiro atoms. The van der Waals surface area contributed by atoms with Gasteiger partial charge in [0.2, 0.25) is 5.91 Å². The molecular weight excluding hydrogens is 280 g/mol. The van der Waals surface area contributed by atoms with Crippen molar-refractivity contribution in [3.05, 3.63) is 58.5 Å². The van der Waals surface area contributed by atoms with Crippen molar-refractivity contribution in [3.8, 4) is 0 Å². The molecule has 2 aromatic rings. The fourth-order valence-electron chi connectivity index (χ4n) is 2.13. The van der Waals surface area contributed by atoms with Crippen molar-refractivity contribution in [2.45, 2.75) is 33.6 Å². The van der Waals surface area contributed by atoms with Crippen LogP contribution >= 0.6 is 0 Å². The van der Waals surface area contributed by atoms with E-state index in [2.05, 4.69) is 10.9 Å². The number of nitrogens with one attached hydrogen (secondary N) is 2. The molecule has 5 nitrogen and oxygen atoms in total. The van der Waals surface area contributed by atoms with E-state index < -0.39 is 0 Å². The molecule has 0 saturated carbocycles. The lowest BCUT2D eigenvalue weighted by Gasteiger charge is -2.07. The first-order valence-electron chi connectivity index (χ1n) is 7.17. The molecule has 0 aliphatic carbocycles. The van der Waals surface area contributed by atoms with E-state index in [0.29, 0.717) is 29.9 Å². The van der Waals surface area contributed by atoms with Gasteiger partial charge in [-0.3, -0.25) is 20.4 Å². The third-order valence-corrected chi connectivity index (χ3v) is 3.36. The van der Waals surface area contributed by atoms with Crippen LogP contribution in [0, 0.1) is 20.8 Å². The first kappa shape index (κ1) is 15.8. The van der Waals surface area contributed by atoms with E-state index in [1.54, 1.807) is 19.9 Å². The molecule has 116 valence electrons. The van der Waals surface area contributed by atoms with E-state index in [1.807, 2.05) is 31.2 Å². The van der Waals surface area contributed by atoms with Gasteiger partial charge in [-0.05, 0) is 38.8 Å². The van der Waals surface area contributed by atoms with Gasteiger partial charge in [-0.15, -0.1) is 0 Å². The zero-order valence-electron chi connectivity index (χ0n) is 13.0. The highest BCUT2D eigenvalue weighted by molar-refractivity contribution is 5.96. The fraction of sp³-hybridized carbons (Fsp3) is 0.294. The molecule has 0 aliphatic rings.